The third kappa shape index (κ3) is 3.16. The number of hydrogen-bond donors (Lipinski definition) is 2. The normalized spacial score (nSPS) is 33.4. The number of likely N-dealkylation sites (tertiary alicyclic amines) is 1. The van der Waals surface area contributed by atoms with Crippen molar-refractivity contribution < 1.29 is 14.7 Å². The molecule has 0 spiro atoms. The number of nitrogens with zero attached hydrogens (tertiary/aromatic N) is 1. The second kappa shape index (κ2) is 5.85. The van der Waals surface area contributed by atoms with Gasteiger partial charge in [-0.2, -0.15) is 0 Å². The van der Waals surface area contributed by atoms with Gasteiger partial charge in [0.1, 0.15) is 6.04 Å². The fraction of sp³-hybridized carbons (Fsp3) is 0.875. The number of carboxylic acid groups (broad SMARTS) is 1. The maximum absolute atomic E-state index is 12.6. The molecule has 0 aromatic carbocycles. The molecule has 5 heteroatoms. The van der Waals surface area contributed by atoms with E-state index in [2.05, 4.69) is 5.32 Å². The molecule has 3 rings (SSSR count). The summed E-state index contributed by atoms with van der Waals surface area (Å²) < 4.78 is 0. The number of amides is 2. The number of fused-ring (bicyclic) bond motifs is 1. The Balaban J connectivity index is 1.66. The molecule has 118 valence electrons. The van der Waals surface area contributed by atoms with E-state index in [9.17, 15) is 14.7 Å². The number of carbonyl (C=O) groups excluding carboxylic acids is 1. The van der Waals surface area contributed by atoms with Gasteiger partial charge in [-0.05, 0) is 44.4 Å². The second-order valence-electron chi connectivity index (χ2n) is 7.14. The van der Waals surface area contributed by atoms with Crippen LogP contribution in [-0.2, 0) is 4.79 Å². The first kappa shape index (κ1) is 14.7. The van der Waals surface area contributed by atoms with Gasteiger partial charge in [-0.15, -0.1) is 0 Å². The third-order valence-electron chi connectivity index (χ3n) is 5.36. The molecule has 0 aromatic heterocycles. The van der Waals surface area contributed by atoms with E-state index in [4.69, 9.17) is 0 Å². The van der Waals surface area contributed by atoms with Gasteiger partial charge >= 0.3 is 12.0 Å². The van der Waals surface area contributed by atoms with E-state index in [1.807, 2.05) is 6.92 Å². The Kier molecular flexibility index (Phi) is 4.09. The first-order chi connectivity index (χ1) is 10.1. The monoisotopic (exact) mass is 294 g/mol. The topological polar surface area (TPSA) is 69.6 Å². The average molecular weight is 294 g/mol. The maximum atomic E-state index is 12.6. The fourth-order valence-corrected chi connectivity index (χ4v) is 4.17. The van der Waals surface area contributed by atoms with Gasteiger partial charge in [0.2, 0.25) is 0 Å². The molecule has 21 heavy (non-hydrogen) atoms. The molecule has 0 bridgehead atoms. The lowest BCUT2D eigenvalue weighted by molar-refractivity contribution is -0.141. The van der Waals surface area contributed by atoms with Crippen LogP contribution in [0.2, 0.25) is 0 Å². The highest BCUT2D eigenvalue weighted by Gasteiger charge is 2.47. The van der Waals surface area contributed by atoms with Crippen LogP contribution < -0.4 is 5.32 Å². The molecule has 2 amide bonds. The summed E-state index contributed by atoms with van der Waals surface area (Å²) in [5, 5.41) is 12.5. The molecular formula is C16H26N2O3. The van der Waals surface area contributed by atoms with Gasteiger partial charge in [-0.25, -0.2) is 9.59 Å². The van der Waals surface area contributed by atoms with Gasteiger partial charge < -0.3 is 15.3 Å². The summed E-state index contributed by atoms with van der Waals surface area (Å²) in [6.07, 6.45) is 8.49. The van der Waals surface area contributed by atoms with Gasteiger partial charge in [0.25, 0.3) is 0 Å². The van der Waals surface area contributed by atoms with Crippen molar-refractivity contribution in [3.63, 3.8) is 0 Å². The van der Waals surface area contributed by atoms with Crippen LogP contribution in [0.15, 0.2) is 0 Å². The summed E-state index contributed by atoms with van der Waals surface area (Å²) in [5.41, 5.74) is 0. The summed E-state index contributed by atoms with van der Waals surface area (Å²) in [6.45, 7) is 2.03. The number of carboxylic acids is 1. The van der Waals surface area contributed by atoms with Crippen LogP contribution in [0.4, 0.5) is 4.79 Å². The predicted octanol–water partition coefficient (Wildman–Crippen LogP) is 2.60. The summed E-state index contributed by atoms with van der Waals surface area (Å²) in [4.78, 5) is 25.7. The zero-order chi connectivity index (χ0) is 15.0. The molecule has 2 saturated carbocycles. The molecular weight excluding hydrogens is 268 g/mol. The van der Waals surface area contributed by atoms with Gasteiger partial charge in [0.15, 0.2) is 0 Å². The Morgan fingerprint density at radius 2 is 1.95 bits per heavy atom. The molecule has 1 saturated heterocycles. The van der Waals surface area contributed by atoms with E-state index in [0.29, 0.717) is 12.3 Å². The minimum absolute atomic E-state index is 0.132. The molecule has 4 unspecified atom stereocenters. The lowest BCUT2D eigenvalue weighted by atomic mass is 9.85. The van der Waals surface area contributed by atoms with Crippen molar-refractivity contribution in [1.82, 2.24) is 10.2 Å². The minimum Gasteiger partial charge on any atom is -0.480 e. The molecule has 3 fully saturated rings. The van der Waals surface area contributed by atoms with E-state index < -0.39 is 12.0 Å². The highest BCUT2D eigenvalue weighted by Crippen LogP contribution is 2.40. The van der Waals surface area contributed by atoms with Crippen LogP contribution in [0.1, 0.15) is 58.3 Å². The Bertz CT molecular complexity index is 422. The lowest BCUT2D eigenvalue weighted by Crippen LogP contribution is -2.52. The Hall–Kier alpha value is -1.26. The van der Waals surface area contributed by atoms with E-state index in [-0.39, 0.29) is 18.1 Å². The van der Waals surface area contributed by atoms with Crippen molar-refractivity contribution in [3.8, 4) is 0 Å². The molecule has 2 aliphatic carbocycles. The van der Waals surface area contributed by atoms with Crippen LogP contribution in [-0.4, -0.2) is 40.1 Å². The van der Waals surface area contributed by atoms with Crippen molar-refractivity contribution in [2.75, 3.05) is 0 Å². The highest BCUT2D eigenvalue weighted by atomic mass is 16.4. The van der Waals surface area contributed by atoms with Crippen LogP contribution in [0.5, 0.6) is 0 Å². The fourth-order valence-electron chi connectivity index (χ4n) is 4.17. The number of urea groups is 1. The third-order valence-corrected chi connectivity index (χ3v) is 5.36. The first-order valence-corrected chi connectivity index (χ1v) is 8.38. The van der Waals surface area contributed by atoms with Crippen LogP contribution >= 0.6 is 0 Å². The molecule has 0 radical (unpaired) electrons. The molecule has 1 aliphatic heterocycles. The molecule has 2 N–H and O–H groups in total. The SMILES string of the molecule is CC(CC1CC1)NC(=O)N1C(C(=O)O)CC2CCCCC21. The minimum atomic E-state index is -0.852. The summed E-state index contributed by atoms with van der Waals surface area (Å²) in [5.74, 6) is 0.287. The largest absolute Gasteiger partial charge is 0.480 e. The quantitative estimate of drug-likeness (QED) is 0.837. The number of hydrogen-bond acceptors (Lipinski definition) is 2. The average Bonchev–Trinajstić information content (AvgIpc) is 3.15. The number of carbonyl (C=O) groups is 2. The van der Waals surface area contributed by atoms with E-state index in [1.54, 1.807) is 4.90 Å². The summed E-state index contributed by atoms with van der Waals surface area (Å²) in [7, 11) is 0. The van der Waals surface area contributed by atoms with Crippen molar-refractivity contribution in [2.45, 2.75) is 76.4 Å². The van der Waals surface area contributed by atoms with Crippen molar-refractivity contribution in [1.29, 1.82) is 0 Å². The maximum Gasteiger partial charge on any atom is 0.326 e. The number of rotatable bonds is 4. The lowest BCUT2D eigenvalue weighted by Gasteiger charge is -2.33. The van der Waals surface area contributed by atoms with Crippen LogP contribution in [0.25, 0.3) is 0 Å². The van der Waals surface area contributed by atoms with Gasteiger partial charge in [-0.1, -0.05) is 25.7 Å². The van der Waals surface area contributed by atoms with Crippen LogP contribution in [0, 0.1) is 11.8 Å². The Labute approximate surface area is 126 Å². The second-order valence-corrected chi connectivity index (χ2v) is 7.14. The number of nitrogens with one attached hydrogen (secondary N) is 1. The van der Waals surface area contributed by atoms with E-state index in [1.165, 1.54) is 19.3 Å². The van der Waals surface area contributed by atoms with Crippen molar-refractivity contribution in [2.24, 2.45) is 11.8 Å². The molecule has 4 atom stereocenters. The van der Waals surface area contributed by atoms with Gasteiger partial charge in [0, 0.05) is 12.1 Å². The Morgan fingerprint density at radius 1 is 1.24 bits per heavy atom. The molecule has 3 aliphatic rings. The Morgan fingerprint density at radius 3 is 2.62 bits per heavy atom. The van der Waals surface area contributed by atoms with E-state index >= 15 is 0 Å². The zero-order valence-electron chi connectivity index (χ0n) is 12.8. The van der Waals surface area contributed by atoms with Crippen molar-refractivity contribution in [3.05, 3.63) is 0 Å². The van der Waals surface area contributed by atoms with Crippen LogP contribution in [0.3, 0.4) is 0 Å². The molecule has 5 nitrogen and oxygen atoms in total. The standard InChI is InChI=1S/C16H26N2O3/c1-10(8-11-6-7-11)17-16(21)18-13-5-3-2-4-12(13)9-14(18)15(19)20/h10-14H,2-9H2,1H3,(H,17,21)(H,19,20). The van der Waals surface area contributed by atoms with Gasteiger partial charge in [0.05, 0.1) is 0 Å². The zero-order valence-corrected chi connectivity index (χ0v) is 12.8. The van der Waals surface area contributed by atoms with Gasteiger partial charge in [-0.3, -0.25) is 0 Å². The summed E-state index contributed by atoms with van der Waals surface area (Å²) in [6, 6.07) is -0.522. The van der Waals surface area contributed by atoms with E-state index in [0.717, 1.165) is 31.6 Å². The molecule has 0 aromatic rings. The smallest absolute Gasteiger partial charge is 0.326 e. The predicted molar refractivity (Wildman–Crippen MR) is 79.0 cm³/mol. The molecule has 1 heterocycles. The van der Waals surface area contributed by atoms with Crippen molar-refractivity contribution >= 4 is 12.0 Å². The number of aliphatic carboxylic acids is 1. The highest BCUT2D eigenvalue weighted by molar-refractivity contribution is 5.84. The summed E-state index contributed by atoms with van der Waals surface area (Å²) >= 11 is 0. The first-order valence-electron chi connectivity index (χ1n) is 8.38.